The van der Waals surface area contributed by atoms with Gasteiger partial charge < -0.3 is 0 Å². The topological polar surface area (TPSA) is 0 Å². The maximum absolute atomic E-state index is 3.84. The van der Waals surface area contributed by atoms with Gasteiger partial charge in [-0.1, -0.05) is 128 Å². The standard InChI is InChI=1S/C14H16.C5H12.C4H8.C3H8.C2H6/c1-4-13(11-10-12(2)3)14-8-6-5-7-9-14;1-4-5(2)3;1-4(2)3;1-3-2;1-2/h4-11H,2H2,1,3H3;5H,4H2,1-3H3;1H2,2-3H3;3H2,1-2H3;1-2H3/b11-10-,13-4+;;;;. The minimum Gasteiger partial charge on any atom is -0.100 e. The lowest BCUT2D eigenvalue weighted by Crippen LogP contribution is -1.78. The molecular weight excluding hydrogens is 336 g/mol. The SMILES string of the molecule is C=C(C)/C=C\C(=C/C)c1ccccc1.C=C(C)C.CC.CCC.CCC(C)C. The van der Waals surface area contributed by atoms with E-state index >= 15 is 0 Å². The van der Waals surface area contributed by atoms with Gasteiger partial charge in [0, 0.05) is 0 Å². The average Bonchev–Trinajstić information content (AvgIpc) is 2.65. The summed E-state index contributed by atoms with van der Waals surface area (Å²) in [6, 6.07) is 10.3. The summed E-state index contributed by atoms with van der Waals surface area (Å²) in [7, 11) is 0. The van der Waals surface area contributed by atoms with E-state index in [1.165, 1.54) is 29.6 Å². The number of hydrogen-bond donors (Lipinski definition) is 0. The van der Waals surface area contributed by atoms with Crippen molar-refractivity contribution in [3.8, 4) is 0 Å². The minimum absolute atomic E-state index is 0.884. The summed E-state index contributed by atoms with van der Waals surface area (Å²) in [4.78, 5) is 0. The molecule has 0 amide bonds. The molecule has 0 aliphatic carbocycles. The van der Waals surface area contributed by atoms with Crippen LogP contribution in [0.3, 0.4) is 0 Å². The zero-order valence-corrected chi connectivity index (χ0v) is 21.0. The Kier molecular flexibility index (Phi) is 33.0. The van der Waals surface area contributed by atoms with Gasteiger partial charge in [0.15, 0.2) is 0 Å². The molecule has 162 valence electrons. The van der Waals surface area contributed by atoms with E-state index in [-0.39, 0.29) is 0 Å². The van der Waals surface area contributed by atoms with Crippen molar-refractivity contribution in [1.82, 2.24) is 0 Å². The maximum atomic E-state index is 3.84. The van der Waals surface area contributed by atoms with Crippen molar-refractivity contribution < 1.29 is 0 Å². The van der Waals surface area contributed by atoms with E-state index in [1.807, 2.05) is 65.8 Å². The fourth-order valence-corrected chi connectivity index (χ4v) is 1.22. The Hall–Kier alpha value is -1.82. The molecule has 1 rings (SSSR count). The molecule has 0 saturated carbocycles. The normalized spacial score (nSPS) is 9.50. The molecule has 28 heavy (non-hydrogen) atoms. The van der Waals surface area contributed by atoms with Crippen LogP contribution >= 0.6 is 0 Å². The molecule has 0 fully saturated rings. The Morgan fingerprint density at radius 1 is 0.893 bits per heavy atom. The minimum atomic E-state index is 0.884. The Morgan fingerprint density at radius 2 is 1.25 bits per heavy atom. The Bertz CT molecular complexity index is 494. The first-order valence-corrected chi connectivity index (χ1v) is 10.8. The number of allylic oxidation sites excluding steroid dienone is 6. The van der Waals surface area contributed by atoms with Gasteiger partial charge in [-0.3, -0.25) is 0 Å². The van der Waals surface area contributed by atoms with Crippen molar-refractivity contribution in [3.05, 3.63) is 78.4 Å². The van der Waals surface area contributed by atoms with Gasteiger partial charge in [0.05, 0.1) is 0 Å². The number of hydrogen-bond acceptors (Lipinski definition) is 0. The van der Waals surface area contributed by atoms with Crippen LogP contribution in [0.4, 0.5) is 0 Å². The molecule has 0 saturated heterocycles. The van der Waals surface area contributed by atoms with Gasteiger partial charge >= 0.3 is 0 Å². The first kappa shape index (κ1) is 33.7. The summed E-state index contributed by atoms with van der Waals surface area (Å²) < 4.78 is 0. The molecule has 0 bridgehead atoms. The lowest BCUT2D eigenvalue weighted by atomic mass is 10.0. The highest BCUT2D eigenvalue weighted by Gasteiger charge is 1.93. The van der Waals surface area contributed by atoms with Crippen molar-refractivity contribution in [2.75, 3.05) is 0 Å². The van der Waals surface area contributed by atoms with Crippen LogP contribution in [0, 0.1) is 5.92 Å². The van der Waals surface area contributed by atoms with Crippen molar-refractivity contribution in [1.29, 1.82) is 0 Å². The predicted octanol–water partition coefficient (Wildman–Crippen LogP) is 10.3. The third-order valence-electron chi connectivity index (χ3n) is 2.78. The van der Waals surface area contributed by atoms with Gasteiger partial charge in [-0.15, -0.1) is 6.58 Å². The molecule has 0 aliphatic rings. The molecule has 0 spiro atoms. The largest absolute Gasteiger partial charge is 0.100 e. The maximum Gasteiger partial charge on any atom is -0.0187 e. The van der Waals surface area contributed by atoms with Crippen LogP contribution in [0.5, 0.6) is 0 Å². The predicted molar refractivity (Wildman–Crippen MR) is 137 cm³/mol. The highest BCUT2D eigenvalue weighted by Crippen LogP contribution is 2.15. The van der Waals surface area contributed by atoms with Gasteiger partial charge in [-0.05, 0) is 44.7 Å². The van der Waals surface area contributed by atoms with Gasteiger partial charge in [-0.25, -0.2) is 0 Å². The summed E-state index contributed by atoms with van der Waals surface area (Å²) in [6.07, 6.45) is 8.79. The highest BCUT2D eigenvalue weighted by atomic mass is 14.0. The van der Waals surface area contributed by atoms with Gasteiger partial charge in [0.1, 0.15) is 0 Å². The fraction of sp³-hybridized carbons (Fsp3) is 0.500. The quantitative estimate of drug-likeness (QED) is 0.356. The number of rotatable bonds is 4. The molecule has 0 nitrogen and oxygen atoms in total. The summed E-state index contributed by atoms with van der Waals surface area (Å²) in [6.45, 7) is 30.3. The number of benzene rings is 1. The highest BCUT2D eigenvalue weighted by molar-refractivity contribution is 5.74. The van der Waals surface area contributed by atoms with E-state index < -0.39 is 0 Å². The van der Waals surface area contributed by atoms with E-state index in [9.17, 15) is 0 Å². The van der Waals surface area contributed by atoms with Crippen molar-refractivity contribution in [2.24, 2.45) is 5.92 Å². The van der Waals surface area contributed by atoms with Crippen molar-refractivity contribution in [2.45, 2.75) is 89.0 Å². The fourth-order valence-electron chi connectivity index (χ4n) is 1.22. The molecule has 0 heteroatoms. The summed E-state index contributed by atoms with van der Waals surface area (Å²) in [5.41, 5.74) is 4.71. The van der Waals surface area contributed by atoms with E-state index in [4.69, 9.17) is 0 Å². The molecule has 0 unspecified atom stereocenters. The Morgan fingerprint density at radius 3 is 1.50 bits per heavy atom. The van der Waals surface area contributed by atoms with Crippen LogP contribution in [-0.2, 0) is 0 Å². The molecule has 0 N–H and O–H groups in total. The average molecular weight is 387 g/mol. The second-order valence-corrected chi connectivity index (χ2v) is 7.01. The van der Waals surface area contributed by atoms with Crippen LogP contribution in [0.2, 0.25) is 0 Å². The molecule has 0 aliphatic heterocycles. The Balaban J connectivity index is -0.000000170. The molecule has 1 aromatic carbocycles. The Labute approximate surface area is 179 Å². The van der Waals surface area contributed by atoms with E-state index in [1.54, 1.807) is 0 Å². The zero-order chi connectivity index (χ0) is 23.0. The summed E-state index contributed by atoms with van der Waals surface area (Å²) >= 11 is 0. The smallest absolute Gasteiger partial charge is 0.0187 e. The molecule has 0 atom stereocenters. The van der Waals surface area contributed by atoms with E-state index in [2.05, 4.69) is 72.1 Å². The van der Waals surface area contributed by atoms with E-state index in [0.717, 1.165) is 11.5 Å². The van der Waals surface area contributed by atoms with Crippen LogP contribution in [-0.4, -0.2) is 0 Å². The van der Waals surface area contributed by atoms with Gasteiger partial charge in [-0.2, -0.15) is 0 Å². The van der Waals surface area contributed by atoms with Crippen LogP contribution in [0.15, 0.2) is 72.9 Å². The van der Waals surface area contributed by atoms with E-state index in [0.29, 0.717) is 0 Å². The third-order valence-corrected chi connectivity index (χ3v) is 2.78. The molecule has 1 aromatic rings. The lowest BCUT2D eigenvalue weighted by Gasteiger charge is -2.00. The summed E-state index contributed by atoms with van der Waals surface area (Å²) in [5.74, 6) is 0.884. The third kappa shape index (κ3) is 35.3. The molecule has 0 radical (unpaired) electrons. The first-order valence-electron chi connectivity index (χ1n) is 10.8. The van der Waals surface area contributed by atoms with Crippen LogP contribution < -0.4 is 0 Å². The monoisotopic (exact) mass is 386 g/mol. The lowest BCUT2D eigenvalue weighted by molar-refractivity contribution is 0.626. The van der Waals surface area contributed by atoms with Gasteiger partial charge in [0.25, 0.3) is 0 Å². The van der Waals surface area contributed by atoms with Crippen LogP contribution in [0.1, 0.15) is 94.6 Å². The van der Waals surface area contributed by atoms with Crippen molar-refractivity contribution in [3.63, 3.8) is 0 Å². The first-order chi connectivity index (χ1) is 13.2. The van der Waals surface area contributed by atoms with Crippen LogP contribution in [0.25, 0.3) is 5.57 Å². The second-order valence-electron chi connectivity index (χ2n) is 7.01. The summed E-state index contributed by atoms with van der Waals surface area (Å²) in [5, 5.41) is 0. The molecular formula is C28H50. The zero-order valence-electron chi connectivity index (χ0n) is 21.0. The molecule has 0 heterocycles. The van der Waals surface area contributed by atoms with Crippen molar-refractivity contribution >= 4 is 5.57 Å². The molecule has 0 aromatic heterocycles. The van der Waals surface area contributed by atoms with Gasteiger partial charge in [0.2, 0.25) is 0 Å². The second kappa shape index (κ2) is 27.4.